The number of aromatic nitrogens is 1. The van der Waals surface area contributed by atoms with Crippen LogP contribution in [0.5, 0.6) is 0 Å². The number of nitrogens with zero attached hydrogens (tertiary/aromatic N) is 1. The van der Waals surface area contributed by atoms with E-state index in [9.17, 15) is 13.6 Å². The van der Waals surface area contributed by atoms with E-state index in [-0.39, 0.29) is 17.4 Å². The molecule has 0 aliphatic carbocycles. The highest BCUT2D eigenvalue weighted by atomic mass is 19.1. The second-order valence-corrected chi connectivity index (χ2v) is 4.30. The number of hydrogen-bond donors (Lipinski definition) is 1. The van der Waals surface area contributed by atoms with Crippen LogP contribution in [-0.4, -0.2) is 10.9 Å². The molecule has 0 aliphatic heterocycles. The number of carbonyl (C=O) groups excluding carboxylic acids is 1. The van der Waals surface area contributed by atoms with E-state index < -0.39 is 17.5 Å². The summed E-state index contributed by atoms with van der Waals surface area (Å²) in [7, 11) is 0. The molecule has 4 nitrogen and oxygen atoms in total. The average Bonchev–Trinajstić information content (AvgIpc) is 2.82. The number of anilines is 1. The Morgan fingerprint density at radius 2 is 2.11 bits per heavy atom. The standard InChI is InChI=1S/C13H12F2N2O2/c1-7(2)11-12(19-6-16-11)13(18)17-10-4-3-8(14)5-9(10)15/h3-7H,1-2H3,(H,17,18). The molecule has 1 heterocycles. The first-order valence-electron chi connectivity index (χ1n) is 5.69. The smallest absolute Gasteiger partial charge is 0.293 e. The van der Waals surface area contributed by atoms with Crippen LogP contribution in [0.2, 0.25) is 0 Å². The Morgan fingerprint density at radius 1 is 1.37 bits per heavy atom. The monoisotopic (exact) mass is 266 g/mol. The van der Waals surface area contributed by atoms with E-state index in [0.717, 1.165) is 18.5 Å². The molecule has 0 aliphatic rings. The van der Waals surface area contributed by atoms with Crippen LogP contribution in [0.4, 0.5) is 14.5 Å². The number of benzene rings is 1. The van der Waals surface area contributed by atoms with Crippen LogP contribution in [0.3, 0.4) is 0 Å². The van der Waals surface area contributed by atoms with Gasteiger partial charge in [-0.1, -0.05) is 13.8 Å². The van der Waals surface area contributed by atoms with Crippen molar-refractivity contribution in [1.82, 2.24) is 4.98 Å². The minimum atomic E-state index is -0.848. The topological polar surface area (TPSA) is 55.1 Å². The summed E-state index contributed by atoms with van der Waals surface area (Å²) in [5.41, 5.74) is 0.373. The zero-order valence-electron chi connectivity index (χ0n) is 10.4. The Hall–Kier alpha value is -2.24. The van der Waals surface area contributed by atoms with Crippen LogP contribution in [0.15, 0.2) is 29.0 Å². The molecular weight excluding hydrogens is 254 g/mol. The van der Waals surface area contributed by atoms with E-state index >= 15 is 0 Å². The van der Waals surface area contributed by atoms with Gasteiger partial charge in [0.2, 0.25) is 5.76 Å². The predicted molar refractivity (Wildman–Crippen MR) is 64.9 cm³/mol. The molecule has 0 unspecified atom stereocenters. The van der Waals surface area contributed by atoms with Gasteiger partial charge in [0.1, 0.15) is 11.6 Å². The van der Waals surface area contributed by atoms with Gasteiger partial charge in [-0.05, 0) is 18.1 Å². The van der Waals surface area contributed by atoms with Crippen LogP contribution >= 0.6 is 0 Å². The van der Waals surface area contributed by atoms with Gasteiger partial charge >= 0.3 is 0 Å². The molecule has 1 amide bonds. The third kappa shape index (κ3) is 2.78. The van der Waals surface area contributed by atoms with Gasteiger partial charge in [0, 0.05) is 6.07 Å². The van der Waals surface area contributed by atoms with Crippen molar-refractivity contribution in [2.24, 2.45) is 0 Å². The Morgan fingerprint density at radius 3 is 2.74 bits per heavy atom. The molecule has 0 saturated heterocycles. The highest BCUT2D eigenvalue weighted by molar-refractivity contribution is 6.03. The summed E-state index contributed by atoms with van der Waals surface area (Å²) in [6.07, 6.45) is 1.16. The first kappa shape index (κ1) is 13.2. The Labute approximate surface area is 108 Å². The lowest BCUT2D eigenvalue weighted by atomic mass is 10.1. The molecule has 2 aromatic rings. The summed E-state index contributed by atoms with van der Waals surface area (Å²) < 4.78 is 31.2. The van der Waals surface area contributed by atoms with Crippen molar-refractivity contribution in [2.45, 2.75) is 19.8 Å². The summed E-state index contributed by atoms with van der Waals surface area (Å²) in [6.45, 7) is 3.71. The lowest BCUT2D eigenvalue weighted by Crippen LogP contribution is -2.14. The van der Waals surface area contributed by atoms with Crippen molar-refractivity contribution in [2.75, 3.05) is 5.32 Å². The van der Waals surface area contributed by atoms with Crippen LogP contribution in [-0.2, 0) is 0 Å². The van der Waals surface area contributed by atoms with E-state index in [1.54, 1.807) is 0 Å². The van der Waals surface area contributed by atoms with Gasteiger partial charge in [-0.25, -0.2) is 13.8 Å². The molecule has 0 fully saturated rings. The number of rotatable bonds is 3. The fraction of sp³-hybridized carbons (Fsp3) is 0.231. The SMILES string of the molecule is CC(C)c1ncoc1C(=O)Nc1ccc(F)cc1F. The Balaban J connectivity index is 2.23. The summed E-state index contributed by atoms with van der Waals surface area (Å²) in [6, 6.07) is 2.90. The highest BCUT2D eigenvalue weighted by Crippen LogP contribution is 2.20. The number of halogens is 2. The van der Waals surface area contributed by atoms with Crippen LogP contribution < -0.4 is 5.32 Å². The molecule has 0 atom stereocenters. The van der Waals surface area contributed by atoms with E-state index in [4.69, 9.17) is 4.42 Å². The zero-order valence-corrected chi connectivity index (χ0v) is 10.4. The molecule has 0 bridgehead atoms. The average molecular weight is 266 g/mol. The maximum absolute atomic E-state index is 13.4. The second-order valence-electron chi connectivity index (χ2n) is 4.30. The van der Waals surface area contributed by atoms with Crippen molar-refractivity contribution < 1.29 is 18.0 Å². The van der Waals surface area contributed by atoms with Gasteiger partial charge in [-0.2, -0.15) is 0 Å². The molecule has 0 spiro atoms. The first-order chi connectivity index (χ1) is 8.99. The molecule has 6 heteroatoms. The van der Waals surface area contributed by atoms with E-state index in [1.165, 1.54) is 0 Å². The van der Waals surface area contributed by atoms with Crippen molar-refractivity contribution >= 4 is 11.6 Å². The Kier molecular flexibility index (Phi) is 3.59. The van der Waals surface area contributed by atoms with Gasteiger partial charge in [0.15, 0.2) is 6.39 Å². The van der Waals surface area contributed by atoms with Crippen LogP contribution in [0.25, 0.3) is 0 Å². The molecule has 0 radical (unpaired) electrons. The third-order valence-electron chi connectivity index (χ3n) is 2.53. The number of hydrogen-bond acceptors (Lipinski definition) is 3. The molecule has 0 saturated carbocycles. The van der Waals surface area contributed by atoms with Crippen molar-refractivity contribution in [3.05, 3.63) is 47.7 Å². The first-order valence-corrected chi connectivity index (χ1v) is 5.69. The van der Waals surface area contributed by atoms with Gasteiger partial charge in [0.05, 0.1) is 11.4 Å². The maximum atomic E-state index is 13.4. The predicted octanol–water partition coefficient (Wildman–Crippen LogP) is 3.33. The number of carbonyl (C=O) groups is 1. The van der Waals surface area contributed by atoms with Gasteiger partial charge in [-0.15, -0.1) is 0 Å². The van der Waals surface area contributed by atoms with Crippen LogP contribution in [0.1, 0.15) is 36.0 Å². The summed E-state index contributed by atoms with van der Waals surface area (Å²) in [4.78, 5) is 15.9. The molecular formula is C13H12F2N2O2. The lowest BCUT2D eigenvalue weighted by molar-refractivity contribution is 0.0994. The van der Waals surface area contributed by atoms with E-state index in [0.29, 0.717) is 11.8 Å². The largest absolute Gasteiger partial charge is 0.438 e. The fourth-order valence-corrected chi connectivity index (χ4v) is 1.61. The van der Waals surface area contributed by atoms with E-state index in [2.05, 4.69) is 10.3 Å². The Bertz CT molecular complexity index is 608. The number of oxazole rings is 1. The third-order valence-corrected chi connectivity index (χ3v) is 2.53. The summed E-state index contributed by atoms with van der Waals surface area (Å²) in [5, 5.41) is 2.32. The fourth-order valence-electron chi connectivity index (χ4n) is 1.61. The van der Waals surface area contributed by atoms with Gasteiger partial charge < -0.3 is 9.73 Å². The highest BCUT2D eigenvalue weighted by Gasteiger charge is 2.20. The van der Waals surface area contributed by atoms with Gasteiger partial charge in [0.25, 0.3) is 5.91 Å². The quantitative estimate of drug-likeness (QED) is 0.927. The molecule has 1 N–H and O–H groups in total. The summed E-state index contributed by atoms with van der Waals surface area (Å²) >= 11 is 0. The molecule has 1 aromatic carbocycles. The number of amides is 1. The van der Waals surface area contributed by atoms with Crippen molar-refractivity contribution in [1.29, 1.82) is 0 Å². The molecule has 100 valence electrons. The molecule has 1 aromatic heterocycles. The van der Waals surface area contributed by atoms with Gasteiger partial charge in [-0.3, -0.25) is 4.79 Å². The normalized spacial score (nSPS) is 10.8. The summed E-state index contributed by atoms with van der Waals surface area (Å²) in [5.74, 6) is -2.15. The van der Waals surface area contributed by atoms with Crippen LogP contribution in [0, 0.1) is 11.6 Å². The lowest BCUT2D eigenvalue weighted by Gasteiger charge is -2.06. The van der Waals surface area contributed by atoms with E-state index in [1.807, 2.05) is 13.8 Å². The molecule has 2 rings (SSSR count). The van der Waals surface area contributed by atoms with Crippen molar-refractivity contribution in [3.63, 3.8) is 0 Å². The minimum Gasteiger partial charge on any atom is -0.438 e. The second kappa shape index (κ2) is 5.17. The number of nitrogens with one attached hydrogen (secondary N) is 1. The maximum Gasteiger partial charge on any atom is 0.293 e. The van der Waals surface area contributed by atoms with Crippen molar-refractivity contribution in [3.8, 4) is 0 Å². The minimum absolute atomic E-state index is 0.00225. The zero-order chi connectivity index (χ0) is 14.0. The molecule has 19 heavy (non-hydrogen) atoms.